The average molecular weight is 237 g/mol. The maximum absolute atomic E-state index is 11.9. The van der Waals surface area contributed by atoms with Crippen molar-refractivity contribution in [1.29, 1.82) is 0 Å². The fourth-order valence-corrected chi connectivity index (χ4v) is 3.30. The fourth-order valence-electron chi connectivity index (χ4n) is 3.30. The summed E-state index contributed by atoms with van der Waals surface area (Å²) in [5.74, 6) is -0.624. The zero-order valence-electron chi connectivity index (χ0n) is 9.97. The Morgan fingerprint density at radius 2 is 1.88 bits per heavy atom. The van der Waals surface area contributed by atoms with Gasteiger partial charge in [0.25, 0.3) is 0 Å². The molecule has 4 heteroatoms. The number of carbonyl (C=O) groups excluding carboxylic acids is 1. The van der Waals surface area contributed by atoms with Crippen LogP contribution in [0.5, 0.6) is 0 Å². The number of fused-ring (bicyclic) bond motifs is 1. The molecule has 1 heterocycles. The number of likely N-dealkylation sites (tertiary alicyclic amines) is 1. The summed E-state index contributed by atoms with van der Waals surface area (Å²) in [5.41, 5.74) is 0. The zero-order valence-corrected chi connectivity index (χ0v) is 9.97. The van der Waals surface area contributed by atoms with E-state index in [1.165, 1.54) is 12.5 Å². The summed E-state index contributed by atoms with van der Waals surface area (Å²) in [6, 6.07) is -0.538. The van der Waals surface area contributed by atoms with E-state index in [4.69, 9.17) is 0 Å². The van der Waals surface area contributed by atoms with E-state index >= 15 is 0 Å². The van der Waals surface area contributed by atoms with E-state index in [9.17, 15) is 14.7 Å². The number of rotatable bonds is 2. The molecule has 1 N–H and O–H groups in total. The molecule has 3 unspecified atom stereocenters. The number of aliphatic carboxylic acids is 1. The summed E-state index contributed by atoms with van der Waals surface area (Å²) < 4.78 is 0. The van der Waals surface area contributed by atoms with Crippen LogP contribution in [0.2, 0.25) is 0 Å². The third-order valence-electron chi connectivity index (χ3n) is 4.09. The first kappa shape index (κ1) is 12.1. The molecule has 0 aromatic rings. The Kier molecular flexibility index (Phi) is 3.50. The topological polar surface area (TPSA) is 57.6 Å². The number of piperidine rings is 1. The summed E-state index contributed by atoms with van der Waals surface area (Å²) >= 11 is 0. The van der Waals surface area contributed by atoms with Gasteiger partial charge in [0.2, 0.25) is 5.91 Å². The number of hydrogen-bond donors (Lipinski definition) is 1. The van der Waals surface area contributed by atoms with Gasteiger partial charge in [-0.2, -0.15) is 0 Å². The summed E-state index contributed by atoms with van der Waals surface area (Å²) in [4.78, 5) is 24.7. The minimum absolute atomic E-state index is 0.115. The lowest BCUT2D eigenvalue weighted by atomic mass is 9.76. The maximum Gasteiger partial charge on any atom is 0.326 e. The summed E-state index contributed by atoms with van der Waals surface area (Å²) in [6.45, 7) is 3.48. The molecule has 2 aliphatic rings. The molecule has 1 saturated heterocycles. The van der Waals surface area contributed by atoms with Gasteiger partial charge in [-0.15, -0.1) is 0 Å². The van der Waals surface area contributed by atoms with Crippen molar-refractivity contribution >= 4 is 11.9 Å². The molecule has 0 bridgehead atoms. The van der Waals surface area contributed by atoms with Crippen LogP contribution in [0.15, 0.2) is 12.7 Å². The van der Waals surface area contributed by atoms with Crippen molar-refractivity contribution in [2.24, 2.45) is 5.92 Å². The van der Waals surface area contributed by atoms with Crippen molar-refractivity contribution in [2.45, 2.75) is 50.6 Å². The van der Waals surface area contributed by atoms with E-state index in [2.05, 4.69) is 6.58 Å². The first-order valence-corrected chi connectivity index (χ1v) is 6.32. The minimum Gasteiger partial charge on any atom is -0.480 e. The third kappa shape index (κ3) is 2.21. The largest absolute Gasteiger partial charge is 0.480 e. The molecule has 4 nitrogen and oxygen atoms in total. The molecule has 0 aromatic heterocycles. The van der Waals surface area contributed by atoms with Crippen molar-refractivity contribution in [1.82, 2.24) is 4.90 Å². The quantitative estimate of drug-likeness (QED) is 0.745. The lowest BCUT2D eigenvalue weighted by molar-refractivity contribution is -0.155. The van der Waals surface area contributed by atoms with Crippen molar-refractivity contribution in [3.63, 3.8) is 0 Å². The van der Waals surface area contributed by atoms with Gasteiger partial charge in [0, 0.05) is 6.04 Å². The van der Waals surface area contributed by atoms with Crippen LogP contribution in [0, 0.1) is 5.92 Å². The van der Waals surface area contributed by atoms with Gasteiger partial charge in [0.1, 0.15) is 6.04 Å². The molecule has 0 spiro atoms. The van der Waals surface area contributed by atoms with Crippen molar-refractivity contribution in [2.75, 3.05) is 0 Å². The van der Waals surface area contributed by atoms with Crippen LogP contribution in [0.4, 0.5) is 0 Å². The number of nitrogens with zero attached hydrogens (tertiary/aromatic N) is 1. The summed E-state index contributed by atoms with van der Waals surface area (Å²) in [5, 5.41) is 9.22. The standard InChI is InChI=1S/C13H19NO3/c1-2-12(15)14-10-6-4-3-5-9(10)7-8-11(14)13(16)17/h2,9-11H,1,3-8H2,(H,16,17). The zero-order chi connectivity index (χ0) is 12.4. The number of carboxylic acid groups (broad SMARTS) is 1. The van der Waals surface area contributed by atoms with Crippen LogP contribution in [0.1, 0.15) is 38.5 Å². The molecule has 94 valence electrons. The molecule has 1 amide bonds. The van der Waals surface area contributed by atoms with Crippen LogP contribution >= 0.6 is 0 Å². The average Bonchev–Trinajstić information content (AvgIpc) is 2.36. The van der Waals surface area contributed by atoms with Crippen molar-refractivity contribution in [3.8, 4) is 0 Å². The Morgan fingerprint density at radius 1 is 1.18 bits per heavy atom. The Hall–Kier alpha value is -1.32. The molecule has 1 saturated carbocycles. The third-order valence-corrected chi connectivity index (χ3v) is 4.09. The Bertz CT molecular complexity index is 340. The van der Waals surface area contributed by atoms with E-state index in [0.29, 0.717) is 12.3 Å². The molecule has 3 atom stereocenters. The second kappa shape index (κ2) is 4.90. The Labute approximate surface area is 101 Å². The Balaban J connectivity index is 2.24. The fraction of sp³-hybridized carbons (Fsp3) is 0.692. The van der Waals surface area contributed by atoms with E-state index in [-0.39, 0.29) is 11.9 Å². The summed E-state index contributed by atoms with van der Waals surface area (Å²) in [6.07, 6.45) is 7.11. The second-order valence-corrected chi connectivity index (χ2v) is 4.99. The number of carbonyl (C=O) groups is 2. The monoisotopic (exact) mass is 237 g/mol. The Morgan fingerprint density at radius 3 is 2.53 bits per heavy atom. The second-order valence-electron chi connectivity index (χ2n) is 4.99. The van der Waals surface area contributed by atoms with E-state index < -0.39 is 12.0 Å². The highest BCUT2D eigenvalue weighted by Gasteiger charge is 2.42. The molecule has 2 rings (SSSR count). The maximum atomic E-state index is 11.9. The molecule has 2 fully saturated rings. The van der Waals surface area contributed by atoms with E-state index in [0.717, 1.165) is 25.7 Å². The lowest BCUT2D eigenvalue weighted by Gasteiger charge is -2.46. The van der Waals surface area contributed by atoms with Crippen LogP contribution in [0.3, 0.4) is 0 Å². The van der Waals surface area contributed by atoms with Gasteiger partial charge in [-0.3, -0.25) is 4.79 Å². The SMILES string of the molecule is C=CC(=O)N1C(C(=O)O)CCC2CCCCC21. The molecule has 17 heavy (non-hydrogen) atoms. The normalized spacial score (nSPS) is 32.7. The molecule has 1 aliphatic heterocycles. The first-order chi connectivity index (χ1) is 8.15. The van der Waals surface area contributed by atoms with Gasteiger partial charge in [0.15, 0.2) is 0 Å². The van der Waals surface area contributed by atoms with E-state index in [1.807, 2.05) is 0 Å². The van der Waals surface area contributed by atoms with Crippen LogP contribution in [0.25, 0.3) is 0 Å². The predicted octanol–water partition coefficient (Wildman–Crippen LogP) is 1.81. The summed E-state index contributed by atoms with van der Waals surface area (Å²) in [7, 11) is 0. The van der Waals surface area contributed by atoms with Gasteiger partial charge < -0.3 is 10.0 Å². The molecule has 1 aliphatic carbocycles. The van der Waals surface area contributed by atoms with Crippen LogP contribution in [-0.2, 0) is 9.59 Å². The first-order valence-electron chi connectivity index (χ1n) is 6.32. The highest BCUT2D eigenvalue weighted by molar-refractivity contribution is 5.91. The highest BCUT2D eigenvalue weighted by atomic mass is 16.4. The van der Waals surface area contributed by atoms with Crippen LogP contribution in [-0.4, -0.2) is 34.0 Å². The number of carboxylic acids is 1. The van der Waals surface area contributed by atoms with E-state index in [1.54, 1.807) is 4.90 Å². The molecular weight excluding hydrogens is 218 g/mol. The number of amides is 1. The highest BCUT2D eigenvalue weighted by Crippen LogP contribution is 2.38. The van der Waals surface area contributed by atoms with Gasteiger partial charge in [-0.05, 0) is 37.7 Å². The van der Waals surface area contributed by atoms with Gasteiger partial charge in [-0.1, -0.05) is 19.4 Å². The van der Waals surface area contributed by atoms with Gasteiger partial charge in [-0.25, -0.2) is 4.79 Å². The minimum atomic E-state index is -0.885. The van der Waals surface area contributed by atoms with Gasteiger partial charge in [0.05, 0.1) is 0 Å². The molecule has 0 aromatic carbocycles. The van der Waals surface area contributed by atoms with Crippen LogP contribution < -0.4 is 0 Å². The predicted molar refractivity (Wildman–Crippen MR) is 63.4 cm³/mol. The molecular formula is C13H19NO3. The van der Waals surface area contributed by atoms with Crippen molar-refractivity contribution < 1.29 is 14.7 Å². The molecule has 0 radical (unpaired) electrons. The smallest absolute Gasteiger partial charge is 0.326 e. The number of hydrogen-bond acceptors (Lipinski definition) is 2. The lowest BCUT2D eigenvalue weighted by Crippen LogP contribution is -2.57. The van der Waals surface area contributed by atoms with Gasteiger partial charge >= 0.3 is 5.97 Å². The van der Waals surface area contributed by atoms with Crippen molar-refractivity contribution in [3.05, 3.63) is 12.7 Å².